The van der Waals surface area contributed by atoms with Gasteiger partial charge in [-0.2, -0.15) is 0 Å². The molecule has 1 aromatic rings. The first-order chi connectivity index (χ1) is 7.95. The molecule has 2 nitrogen and oxygen atoms in total. The van der Waals surface area contributed by atoms with Crippen molar-refractivity contribution in [2.75, 3.05) is 19.6 Å². The van der Waals surface area contributed by atoms with Crippen molar-refractivity contribution < 1.29 is 0 Å². The highest BCUT2D eigenvalue weighted by Gasteiger charge is 2.31. The first-order valence-electron chi connectivity index (χ1n) is 6.45. The molecule has 0 amide bonds. The number of nitrogens with one attached hydrogen (secondary N) is 1. The molecule has 3 heterocycles. The van der Waals surface area contributed by atoms with E-state index >= 15 is 0 Å². The third kappa shape index (κ3) is 2.04. The molecule has 0 aliphatic carbocycles. The Labute approximate surface area is 102 Å². The molecule has 3 rings (SSSR count). The predicted octanol–water partition coefficient (Wildman–Crippen LogP) is 2.64. The lowest BCUT2D eigenvalue weighted by Gasteiger charge is -2.39. The molecule has 0 spiro atoms. The Morgan fingerprint density at radius 3 is 3.19 bits per heavy atom. The predicted molar refractivity (Wildman–Crippen MR) is 68.9 cm³/mol. The van der Waals surface area contributed by atoms with Crippen molar-refractivity contribution in [3.8, 4) is 0 Å². The third-order valence-electron chi connectivity index (χ3n) is 3.94. The fourth-order valence-corrected chi connectivity index (χ4v) is 3.96. The maximum Gasteiger partial charge on any atom is 0.0568 e. The number of thiophene rings is 1. The lowest BCUT2D eigenvalue weighted by atomic mass is 9.98. The van der Waals surface area contributed by atoms with E-state index < -0.39 is 0 Å². The van der Waals surface area contributed by atoms with Gasteiger partial charge < -0.3 is 5.32 Å². The summed E-state index contributed by atoms with van der Waals surface area (Å²) >= 11 is 1.91. The van der Waals surface area contributed by atoms with Gasteiger partial charge in [-0.25, -0.2) is 0 Å². The number of fused-ring (bicyclic) bond motifs is 1. The van der Waals surface area contributed by atoms with Gasteiger partial charge in [0, 0.05) is 17.5 Å². The van der Waals surface area contributed by atoms with Crippen LogP contribution in [0.15, 0.2) is 17.5 Å². The van der Waals surface area contributed by atoms with Gasteiger partial charge in [0.25, 0.3) is 0 Å². The molecule has 0 bridgehead atoms. The Balaban J connectivity index is 1.84. The summed E-state index contributed by atoms with van der Waals surface area (Å²) in [5, 5.41) is 5.81. The Hall–Kier alpha value is -0.380. The fourth-order valence-electron chi connectivity index (χ4n) is 3.11. The molecule has 2 aliphatic heterocycles. The van der Waals surface area contributed by atoms with Crippen LogP contribution in [0.3, 0.4) is 0 Å². The second kappa shape index (κ2) is 4.86. The minimum Gasteiger partial charge on any atom is -0.315 e. The number of nitrogens with zero attached hydrogens (tertiary/aromatic N) is 1. The highest BCUT2D eigenvalue weighted by molar-refractivity contribution is 7.10. The highest BCUT2D eigenvalue weighted by atomic mass is 32.1. The van der Waals surface area contributed by atoms with Crippen LogP contribution in [-0.2, 0) is 0 Å². The average molecular weight is 236 g/mol. The van der Waals surface area contributed by atoms with Crippen molar-refractivity contribution in [2.24, 2.45) is 0 Å². The molecule has 2 unspecified atom stereocenters. The van der Waals surface area contributed by atoms with E-state index in [4.69, 9.17) is 0 Å². The maximum absolute atomic E-state index is 3.61. The SMILES string of the molecule is c1csc(C2CNCCC3CCCCN32)c1. The van der Waals surface area contributed by atoms with E-state index in [9.17, 15) is 0 Å². The van der Waals surface area contributed by atoms with E-state index in [1.165, 1.54) is 38.8 Å². The van der Waals surface area contributed by atoms with Gasteiger partial charge in [-0.05, 0) is 43.8 Å². The molecule has 1 N–H and O–H groups in total. The van der Waals surface area contributed by atoms with E-state index in [1.807, 2.05) is 11.3 Å². The first-order valence-corrected chi connectivity index (χ1v) is 7.33. The van der Waals surface area contributed by atoms with Gasteiger partial charge in [0.15, 0.2) is 0 Å². The molecule has 2 atom stereocenters. The number of hydrogen-bond acceptors (Lipinski definition) is 3. The molecule has 2 fully saturated rings. The summed E-state index contributed by atoms with van der Waals surface area (Å²) in [4.78, 5) is 4.30. The lowest BCUT2D eigenvalue weighted by Crippen LogP contribution is -2.42. The van der Waals surface area contributed by atoms with E-state index in [-0.39, 0.29) is 0 Å². The smallest absolute Gasteiger partial charge is 0.0568 e. The molecule has 0 saturated carbocycles. The first kappa shape index (κ1) is 10.8. The summed E-state index contributed by atoms with van der Waals surface area (Å²) in [6.45, 7) is 3.63. The lowest BCUT2D eigenvalue weighted by molar-refractivity contribution is 0.106. The van der Waals surface area contributed by atoms with Crippen LogP contribution < -0.4 is 5.32 Å². The quantitative estimate of drug-likeness (QED) is 0.806. The van der Waals surface area contributed by atoms with Gasteiger partial charge in [-0.1, -0.05) is 12.5 Å². The van der Waals surface area contributed by atoms with Crippen molar-refractivity contribution in [3.05, 3.63) is 22.4 Å². The van der Waals surface area contributed by atoms with Gasteiger partial charge in [0.05, 0.1) is 6.04 Å². The van der Waals surface area contributed by atoms with Crippen molar-refractivity contribution in [1.29, 1.82) is 0 Å². The Morgan fingerprint density at radius 2 is 2.31 bits per heavy atom. The molecule has 88 valence electrons. The van der Waals surface area contributed by atoms with E-state index in [0.29, 0.717) is 6.04 Å². The van der Waals surface area contributed by atoms with Crippen LogP contribution in [0.25, 0.3) is 0 Å². The van der Waals surface area contributed by atoms with Crippen LogP contribution in [-0.4, -0.2) is 30.6 Å². The second-order valence-electron chi connectivity index (χ2n) is 4.91. The Morgan fingerprint density at radius 1 is 1.31 bits per heavy atom. The van der Waals surface area contributed by atoms with Crippen molar-refractivity contribution >= 4 is 11.3 Å². The minimum absolute atomic E-state index is 0.632. The summed E-state index contributed by atoms with van der Waals surface area (Å²) in [5.74, 6) is 0. The van der Waals surface area contributed by atoms with Crippen LogP contribution in [0, 0.1) is 0 Å². The topological polar surface area (TPSA) is 15.3 Å². The van der Waals surface area contributed by atoms with Crippen LogP contribution in [0.2, 0.25) is 0 Å². The maximum atomic E-state index is 3.61. The van der Waals surface area contributed by atoms with Gasteiger partial charge in [-0.3, -0.25) is 4.90 Å². The van der Waals surface area contributed by atoms with Gasteiger partial charge in [0.1, 0.15) is 0 Å². The van der Waals surface area contributed by atoms with Crippen LogP contribution in [0.4, 0.5) is 0 Å². The normalized spacial score (nSPS) is 32.0. The van der Waals surface area contributed by atoms with Crippen LogP contribution in [0.5, 0.6) is 0 Å². The fraction of sp³-hybridized carbons (Fsp3) is 0.692. The zero-order valence-electron chi connectivity index (χ0n) is 9.69. The van der Waals surface area contributed by atoms with Crippen LogP contribution >= 0.6 is 11.3 Å². The standard InChI is InChI=1S/C13H20N2S/c1-2-8-15-11(4-1)6-7-14-10-12(15)13-5-3-9-16-13/h3,5,9,11-12,14H,1-2,4,6-8,10H2. The largest absolute Gasteiger partial charge is 0.315 e. The summed E-state index contributed by atoms with van der Waals surface area (Å²) in [6.07, 6.45) is 5.56. The van der Waals surface area contributed by atoms with Crippen molar-refractivity contribution in [2.45, 2.75) is 37.8 Å². The molecule has 0 aromatic carbocycles. The third-order valence-corrected chi connectivity index (χ3v) is 4.91. The number of piperidine rings is 1. The van der Waals surface area contributed by atoms with Crippen molar-refractivity contribution in [1.82, 2.24) is 10.2 Å². The molecule has 16 heavy (non-hydrogen) atoms. The molecule has 0 radical (unpaired) electrons. The Bertz CT molecular complexity index is 323. The summed E-state index contributed by atoms with van der Waals surface area (Å²) in [5.41, 5.74) is 0. The molecular formula is C13H20N2S. The number of rotatable bonds is 1. The van der Waals surface area contributed by atoms with E-state index in [2.05, 4.69) is 27.7 Å². The number of hydrogen-bond donors (Lipinski definition) is 1. The van der Waals surface area contributed by atoms with Gasteiger partial charge in [-0.15, -0.1) is 11.3 Å². The Kier molecular flexibility index (Phi) is 3.27. The summed E-state index contributed by atoms with van der Waals surface area (Å²) in [7, 11) is 0. The minimum atomic E-state index is 0.632. The highest BCUT2D eigenvalue weighted by Crippen LogP contribution is 2.33. The zero-order chi connectivity index (χ0) is 10.8. The van der Waals surface area contributed by atoms with Crippen LogP contribution in [0.1, 0.15) is 36.6 Å². The molecule has 3 heteroatoms. The summed E-state index contributed by atoms with van der Waals surface area (Å²) in [6, 6.07) is 5.95. The molecule has 2 saturated heterocycles. The molecular weight excluding hydrogens is 216 g/mol. The monoisotopic (exact) mass is 236 g/mol. The molecule has 1 aromatic heterocycles. The average Bonchev–Trinajstić information content (AvgIpc) is 2.76. The second-order valence-corrected chi connectivity index (χ2v) is 5.89. The van der Waals surface area contributed by atoms with Gasteiger partial charge >= 0.3 is 0 Å². The summed E-state index contributed by atoms with van der Waals surface area (Å²) < 4.78 is 0. The molecule has 2 aliphatic rings. The van der Waals surface area contributed by atoms with E-state index in [1.54, 1.807) is 4.88 Å². The van der Waals surface area contributed by atoms with E-state index in [0.717, 1.165) is 12.6 Å². The van der Waals surface area contributed by atoms with Crippen molar-refractivity contribution in [3.63, 3.8) is 0 Å². The van der Waals surface area contributed by atoms with Gasteiger partial charge in [0.2, 0.25) is 0 Å². The zero-order valence-corrected chi connectivity index (χ0v) is 10.5.